The van der Waals surface area contributed by atoms with Gasteiger partial charge in [-0.25, -0.2) is 9.97 Å². The molecule has 2 aromatic rings. The third-order valence-corrected chi connectivity index (χ3v) is 3.50. The third kappa shape index (κ3) is 2.43. The number of piperidine rings is 1. The van der Waals surface area contributed by atoms with Crippen LogP contribution in [0.25, 0.3) is 10.9 Å². The number of nitrogens with one attached hydrogen (secondary N) is 2. The number of hydrogen-bond acceptors (Lipinski definition) is 4. The summed E-state index contributed by atoms with van der Waals surface area (Å²) < 4.78 is 0. The SMILES string of the molecule is c1ccc2c(NCC3CCCNC3)ncnc2c1. The molecule has 4 nitrogen and oxygen atoms in total. The molecule has 1 aliphatic rings. The van der Waals surface area contributed by atoms with Crippen molar-refractivity contribution in [1.29, 1.82) is 0 Å². The molecule has 1 saturated heterocycles. The van der Waals surface area contributed by atoms with E-state index < -0.39 is 0 Å². The molecule has 18 heavy (non-hydrogen) atoms. The van der Waals surface area contributed by atoms with E-state index in [1.165, 1.54) is 12.8 Å². The topological polar surface area (TPSA) is 49.8 Å². The van der Waals surface area contributed by atoms with E-state index in [4.69, 9.17) is 0 Å². The highest BCUT2D eigenvalue weighted by molar-refractivity contribution is 5.88. The van der Waals surface area contributed by atoms with Gasteiger partial charge in [0.25, 0.3) is 0 Å². The average molecular weight is 242 g/mol. The van der Waals surface area contributed by atoms with Gasteiger partial charge in [-0.2, -0.15) is 0 Å². The van der Waals surface area contributed by atoms with E-state index in [2.05, 4.69) is 26.7 Å². The van der Waals surface area contributed by atoms with Gasteiger partial charge in [-0.05, 0) is 44.0 Å². The van der Waals surface area contributed by atoms with Crippen molar-refractivity contribution in [3.05, 3.63) is 30.6 Å². The van der Waals surface area contributed by atoms with Gasteiger partial charge >= 0.3 is 0 Å². The standard InChI is InChI=1S/C14H18N4/c1-2-6-13-12(5-1)14(18-10-17-13)16-9-11-4-3-7-15-8-11/h1-2,5-6,10-11,15H,3-4,7-9H2,(H,16,17,18). The molecule has 0 aliphatic carbocycles. The molecular weight excluding hydrogens is 224 g/mol. The lowest BCUT2D eigenvalue weighted by Gasteiger charge is -2.23. The van der Waals surface area contributed by atoms with Crippen LogP contribution < -0.4 is 10.6 Å². The van der Waals surface area contributed by atoms with E-state index in [0.29, 0.717) is 5.92 Å². The van der Waals surface area contributed by atoms with Gasteiger partial charge in [0.2, 0.25) is 0 Å². The molecule has 1 fully saturated rings. The van der Waals surface area contributed by atoms with Gasteiger partial charge in [-0.3, -0.25) is 0 Å². The summed E-state index contributed by atoms with van der Waals surface area (Å²) >= 11 is 0. The molecule has 3 rings (SSSR count). The summed E-state index contributed by atoms with van der Waals surface area (Å²) in [5.74, 6) is 1.65. The van der Waals surface area contributed by atoms with Crippen molar-refractivity contribution < 1.29 is 0 Å². The van der Waals surface area contributed by atoms with Crippen LogP contribution in [0.15, 0.2) is 30.6 Å². The first kappa shape index (κ1) is 11.4. The molecule has 94 valence electrons. The number of nitrogens with zero attached hydrogens (tertiary/aromatic N) is 2. The summed E-state index contributed by atoms with van der Waals surface area (Å²) in [5.41, 5.74) is 0.997. The van der Waals surface area contributed by atoms with Crippen molar-refractivity contribution in [2.45, 2.75) is 12.8 Å². The molecule has 1 aliphatic heterocycles. The Bertz CT molecular complexity index is 515. The number of hydrogen-bond donors (Lipinski definition) is 2. The van der Waals surface area contributed by atoms with Crippen LogP contribution in [0.3, 0.4) is 0 Å². The van der Waals surface area contributed by atoms with Gasteiger partial charge in [0, 0.05) is 11.9 Å². The zero-order valence-electron chi connectivity index (χ0n) is 10.4. The second-order valence-corrected chi connectivity index (χ2v) is 4.83. The fourth-order valence-corrected chi connectivity index (χ4v) is 2.48. The predicted molar refractivity (Wildman–Crippen MR) is 73.6 cm³/mol. The van der Waals surface area contributed by atoms with E-state index in [9.17, 15) is 0 Å². The van der Waals surface area contributed by atoms with E-state index >= 15 is 0 Å². The van der Waals surface area contributed by atoms with Crippen molar-refractivity contribution in [1.82, 2.24) is 15.3 Å². The van der Waals surface area contributed by atoms with Crippen LogP contribution in [0, 0.1) is 5.92 Å². The monoisotopic (exact) mass is 242 g/mol. The van der Waals surface area contributed by atoms with Gasteiger partial charge < -0.3 is 10.6 Å². The molecule has 2 N–H and O–H groups in total. The number of aromatic nitrogens is 2. The maximum Gasteiger partial charge on any atom is 0.137 e. The maximum absolute atomic E-state index is 4.35. The number of fused-ring (bicyclic) bond motifs is 1. The third-order valence-electron chi connectivity index (χ3n) is 3.50. The summed E-state index contributed by atoms with van der Waals surface area (Å²) in [6.07, 6.45) is 4.20. The van der Waals surface area contributed by atoms with Crippen LogP contribution in [0.1, 0.15) is 12.8 Å². The van der Waals surface area contributed by atoms with Crippen molar-refractivity contribution in [2.75, 3.05) is 25.0 Å². The smallest absolute Gasteiger partial charge is 0.137 e. The minimum Gasteiger partial charge on any atom is -0.369 e. The van der Waals surface area contributed by atoms with Crippen molar-refractivity contribution in [3.8, 4) is 0 Å². The second-order valence-electron chi connectivity index (χ2n) is 4.83. The Hall–Kier alpha value is -1.68. The predicted octanol–water partition coefficient (Wildman–Crippen LogP) is 2.04. The molecule has 1 aromatic carbocycles. The van der Waals surface area contributed by atoms with Crippen LogP contribution >= 0.6 is 0 Å². The lowest BCUT2D eigenvalue weighted by Crippen LogP contribution is -2.33. The lowest BCUT2D eigenvalue weighted by molar-refractivity contribution is 0.392. The molecule has 0 bridgehead atoms. The highest BCUT2D eigenvalue weighted by Gasteiger charge is 2.13. The van der Waals surface area contributed by atoms with Gasteiger partial charge in [0.1, 0.15) is 12.1 Å². The number of rotatable bonds is 3. The van der Waals surface area contributed by atoms with Gasteiger partial charge in [0.05, 0.1) is 5.52 Å². The Kier molecular flexibility index (Phi) is 3.37. The van der Waals surface area contributed by atoms with Crippen LogP contribution in [0.5, 0.6) is 0 Å². The van der Waals surface area contributed by atoms with Crippen LogP contribution in [0.4, 0.5) is 5.82 Å². The first-order valence-electron chi connectivity index (χ1n) is 6.58. The molecule has 0 spiro atoms. The van der Waals surface area contributed by atoms with Crippen LogP contribution in [0.2, 0.25) is 0 Å². The van der Waals surface area contributed by atoms with E-state index in [1.54, 1.807) is 6.33 Å². The summed E-state index contributed by atoms with van der Waals surface area (Å²) in [6, 6.07) is 8.12. The summed E-state index contributed by atoms with van der Waals surface area (Å²) in [6.45, 7) is 3.25. The summed E-state index contributed by atoms with van der Waals surface area (Å²) in [7, 11) is 0. The Morgan fingerprint density at radius 2 is 2.22 bits per heavy atom. The first-order valence-corrected chi connectivity index (χ1v) is 6.58. The Labute approximate surface area is 107 Å². The minimum absolute atomic E-state index is 0.701. The van der Waals surface area contributed by atoms with Gasteiger partial charge in [-0.1, -0.05) is 12.1 Å². The Balaban J connectivity index is 1.74. The van der Waals surface area contributed by atoms with Gasteiger partial charge in [-0.15, -0.1) is 0 Å². The second kappa shape index (κ2) is 5.31. The van der Waals surface area contributed by atoms with Crippen molar-refractivity contribution >= 4 is 16.7 Å². The molecule has 0 saturated carbocycles. The molecule has 2 heterocycles. The normalized spacial score (nSPS) is 19.9. The van der Waals surface area contributed by atoms with E-state index in [-0.39, 0.29) is 0 Å². The molecule has 1 unspecified atom stereocenters. The molecule has 4 heteroatoms. The summed E-state index contributed by atoms with van der Waals surface area (Å²) in [4.78, 5) is 8.62. The molecular formula is C14H18N4. The van der Waals surface area contributed by atoms with E-state index in [1.807, 2.05) is 18.2 Å². The van der Waals surface area contributed by atoms with Crippen molar-refractivity contribution in [3.63, 3.8) is 0 Å². The highest BCUT2D eigenvalue weighted by atomic mass is 15.0. The van der Waals surface area contributed by atoms with Crippen molar-refractivity contribution in [2.24, 2.45) is 5.92 Å². The fraction of sp³-hybridized carbons (Fsp3) is 0.429. The molecule has 0 radical (unpaired) electrons. The zero-order chi connectivity index (χ0) is 12.2. The average Bonchev–Trinajstić information content (AvgIpc) is 2.46. The fourth-order valence-electron chi connectivity index (χ4n) is 2.48. The largest absolute Gasteiger partial charge is 0.369 e. The van der Waals surface area contributed by atoms with Crippen LogP contribution in [-0.4, -0.2) is 29.6 Å². The Morgan fingerprint density at radius 1 is 1.28 bits per heavy atom. The summed E-state index contributed by atoms with van der Waals surface area (Å²) in [5, 5.41) is 8.00. The van der Waals surface area contributed by atoms with Gasteiger partial charge in [0.15, 0.2) is 0 Å². The van der Waals surface area contributed by atoms with E-state index in [0.717, 1.165) is 36.4 Å². The number of anilines is 1. The molecule has 1 atom stereocenters. The minimum atomic E-state index is 0.701. The quantitative estimate of drug-likeness (QED) is 0.865. The van der Waals surface area contributed by atoms with Crippen LogP contribution in [-0.2, 0) is 0 Å². The molecule has 1 aromatic heterocycles. The highest BCUT2D eigenvalue weighted by Crippen LogP contribution is 2.19. The molecule has 0 amide bonds. The zero-order valence-corrected chi connectivity index (χ0v) is 10.4. The lowest BCUT2D eigenvalue weighted by atomic mass is 10.00. The maximum atomic E-state index is 4.35. The number of para-hydroxylation sites is 1. The Morgan fingerprint density at radius 3 is 3.11 bits per heavy atom. The number of benzene rings is 1. The first-order chi connectivity index (χ1) is 8.93.